The van der Waals surface area contributed by atoms with Crippen LogP contribution in [-0.2, 0) is 11.8 Å². The molecule has 7 nitrogen and oxygen atoms in total. The smallest absolute Gasteiger partial charge is 0.242 e. The summed E-state index contributed by atoms with van der Waals surface area (Å²) in [6, 6.07) is 3.77. The van der Waals surface area contributed by atoms with Crippen molar-refractivity contribution in [2.75, 3.05) is 18.4 Å². The van der Waals surface area contributed by atoms with E-state index >= 15 is 0 Å². The van der Waals surface area contributed by atoms with Crippen molar-refractivity contribution in [2.45, 2.75) is 25.8 Å². The Labute approximate surface area is 152 Å². The number of aryl methyl sites for hydroxylation is 1. The van der Waals surface area contributed by atoms with Crippen LogP contribution in [0.1, 0.15) is 19.8 Å². The Bertz CT molecular complexity index is 944. The molecule has 134 valence electrons. The number of amides is 1. The maximum absolute atomic E-state index is 12.5. The highest BCUT2D eigenvalue weighted by molar-refractivity contribution is 5.95. The van der Waals surface area contributed by atoms with Crippen molar-refractivity contribution in [3.05, 3.63) is 36.9 Å². The summed E-state index contributed by atoms with van der Waals surface area (Å²) in [6.07, 6.45) is 9.59. The van der Waals surface area contributed by atoms with Crippen LogP contribution in [0.25, 0.3) is 22.0 Å². The van der Waals surface area contributed by atoms with Gasteiger partial charge in [-0.2, -0.15) is 5.10 Å². The van der Waals surface area contributed by atoms with Gasteiger partial charge in [0.05, 0.1) is 24.0 Å². The quantitative estimate of drug-likeness (QED) is 0.782. The van der Waals surface area contributed by atoms with Crippen LogP contribution in [0.3, 0.4) is 0 Å². The predicted molar refractivity (Wildman–Crippen MR) is 101 cm³/mol. The van der Waals surface area contributed by atoms with Crippen molar-refractivity contribution in [1.82, 2.24) is 24.6 Å². The van der Waals surface area contributed by atoms with Gasteiger partial charge in [-0.25, -0.2) is 4.98 Å². The molecule has 1 fully saturated rings. The average molecular weight is 350 g/mol. The van der Waals surface area contributed by atoms with Gasteiger partial charge in [0.1, 0.15) is 5.82 Å². The monoisotopic (exact) mass is 350 g/mol. The van der Waals surface area contributed by atoms with E-state index in [0.717, 1.165) is 48.0 Å². The van der Waals surface area contributed by atoms with Gasteiger partial charge in [-0.3, -0.25) is 19.4 Å². The number of rotatable bonds is 4. The highest BCUT2D eigenvalue weighted by atomic mass is 16.2. The van der Waals surface area contributed by atoms with Crippen molar-refractivity contribution in [3.63, 3.8) is 0 Å². The third kappa shape index (κ3) is 3.30. The molecule has 0 spiro atoms. The van der Waals surface area contributed by atoms with Gasteiger partial charge in [0.25, 0.3) is 0 Å². The van der Waals surface area contributed by atoms with Crippen molar-refractivity contribution in [2.24, 2.45) is 7.05 Å². The molecule has 26 heavy (non-hydrogen) atoms. The van der Waals surface area contributed by atoms with Crippen molar-refractivity contribution >= 4 is 22.6 Å². The highest BCUT2D eigenvalue weighted by Gasteiger charge is 2.24. The molecule has 1 aliphatic heterocycles. The number of anilines is 1. The standard InChI is InChI=1S/C19H22N6O/c1-13(25-5-3-4-6-25)19(26)23-18-8-14-7-15(9-20-17(14)11-21-18)16-10-22-24(2)12-16/h7-13H,3-6H2,1-2H3,(H,21,23,26)/t13-/m1/s1. The first-order valence-corrected chi connectivity index (χ1v) is 8.90. The van der Waals surface area contributed by atoms with Crippen molar-refractivity contribution in [1.29, 1.82) is 0 Å². The van der Waals surface area contributed by atoms with Crippen LogP contribution in [0.2, 0.25) is 0 Å². The van der Waals surface area contributed by atoms with Crippen LogP contribution in [0.15, 0.2) is 36.9 Å². The molecule has 1 aliphatic rings. The predicted octanol–water partition coefficient (Wildman–Crippen LogP) is 2.45. The van der Waals surface area contributed by atoms with Gasteiger partial charge in [0, 0.05) is 36.0 Å². The minimum absolute atomic E-state index is 0.0184. The van der Waals surface area contributed by atoms with E-state index in [1.165, 1.54) is 0 Å². The van der Waals surface area contributed by atoms with Crippen molar-refractivity contribution in [3.8, 4) is 11.1 Å². The number of carbonyl (C=O) groups excluding carboxylic acids is 1. The van der Waals surface area contributed by atoms with Gasteiger partial charge in [-0.05, 0) is 45.0 Å². The van der Waals surface area contributed by atoms with Crippen LogP contribution < -0.4 is 5.32 Å². The van der Waals surface area contributed by atoms with Crippen LogP contribution in [-0.4, -0.2) is 49.7 Å². The highest BCUT2D eigenvalue weighted by Crippen LogP contribution is 2.23. The largest absolute Gasteiger partial charge is 0.309 e. The lowest BCUT2D eigenvalue weighted by molar-refractivity contribution is -0.120. The number of nitrogens with one attached hydrogen (secondary N) is 1. The summed E-state index contributed by atoms with van der Waals surface area (Å²) in [6.45, 7) is 3.92. The van der Waals surface area contributed by atoms with Crippen LogP contribution in [0, 0.1) is 0 Å². The van der Waals surface area contributed by atoms with Gasteiger partial charge in [0.15, 0.2) is 0 Å². The van der Waals surface area contributed by atoms with Crippen molar-refractivity contribution < 1.29 is 4.79 Å². The number of hydrogen-bond acceptors (Lipinski definition) is 5. The third-order valence-electron chi connectivity index (χ3n) is 4.92. The van der Waals surface area contributed by atoms with Crippen LogP contribution >= 0.6 is 0 Å². The summed E-state index contributed by atoms with van der Waals surface area (Å²) >= 11 is 0. The summed E-state index contributed by atoms with van der Waals surface area (Å²) < 4.78 is 1.76. The summed E-state index contributed by atoms with van der Waals surface area (Å²) in [5, 5.41) is 8.08. The normalized spacial score (nSPS) is 16.1. The number of pyridine rings is 2. The second-order valence-electron chi connectivity index (χ2n) is 6.80. The number of nitrogens with zero attached hydrogens (tertiary/aromatic N) is 5. The van der Waals surface area contributed by atoms with E-state index in [1.807, 2.05) is 44.7 Å². The molecule has 0 bridgehead atoms. The molecule has 4 rings (SSSR count). The Morgan fingerprint density at radius 3 is 2.65 bits per heavy atom. The maximum atomic E-state index is 12.5. The number of carbonyl (C=O) groups is 1. The topological polar surface area (TPSA) is 75.9 Å². The van der Waals surface area contributed by atoms with Crippen LogP contribution in [0.4, 0.5) is 5.82 Å². The SMILES string of the molecule is C[C@H](C(=O)Nc1cc2cc(-c3cnn(C)c3)cnc2cn1)N1CCCC1. The lowest BCUT2D eigenvalue weighted by atomic mass is 10.1. The zero-order valence-corrected chi connectivity index (χ0v) is 15.0. The molecule has 4 heterocycles. The van der Waals surface area contributed by atoms with Crippen LogP contribution in [0.5, 0.6) is 0 Å². The average Bonchev–Trinajstić information content (AvgIpc) is 3.32. The van der Waals surface area contributed by atoms with E-state index in [1.54, 1.807) is 10.9 Å². The van der Waals surface area contributed by atoms with Gasteiger partial charge < -0.3 is 5.32 Å². The van der Waals surface area contributed by atoms with Gasteiger partial charge in [-0.15, -0.1) is 0 Å². The molecular weight excluding hydrogens is 328 g/mol. The Hall–Kier alpha value is -2.80. The lowest BCUT2D eigenvalue weighted by Crippen LogP contribution is -2.40. The van der Waals surface area contributed by atoms with E-state index < -0.39 is 0 Å². The molecule has 0 saturated carbocycles. The first-order chi connectivity index (χ1) is 12.6. The minimum atomic E-state index is -0.144. The Balaban J connectivity index is 1.57. The number of hydrogen-bond donors (Lipinski definition) is 1. The summed E-state index contributed by atoms with van der Waals surface area (Å²) in [4.78, 5) is 23.5. The summed E-state index contributed by atoms with van der Waals surface area (Å²) in [7, 11) is 1.89. The second kappa shape index (κ2) is 6.84. The van der Waals surface area contributed by atoms with E-state index in [9.17, 15) is 4.79 Å². The zero-order valence-electron chi connectivity index (χ0n) is 15.0. The Morgan fingerprint density at radius 2 is 1.92 bits per heavy atom. The second-order valence-corrected chi connectivity index (χ2v) is 6.80. The molecule has 1 atom stereocenters. The molecule has 7 heteroatoms. The van der Waals surface area contributed by atoms with Gasteiger partial charge in [0.2, 0.25) is 5.91 Å². The third-order valence-corrected chi connectivity index (χ3v) is 4.92. The fourth-order valence-electron chi connectivity index (χ4n) is 3.35. The maximum Gasteiger partial charge on any atom is 0.242 e. The van der Waals surface area contributed by atoms with E-state index in [0.29, 0.717) is 5.82 Å². The summed E-state index contributed by atoms with van der Waals surface area (Å²) in [5.41, 5.74) is 2.79. The van der Waals surface area contributed by atoms with E-state index in [2.05, 4.69) is 25.3 Å². The fourth-order valence-corrected chi connectivity index (χ4v) is 3.35. The summed E-state index contributed by atoms with van der Waals surface area (Å²) in [5.74, 6) is 0.536. The first kappa shape index (κ1) is 16.7. The molecule has 3 aromatic heterocycles. The van der Waals surface area contributed by atoms with E-state index in [4.69, 9.17) is 0 Å². The number of aromatic nitrogens is 4. The molecule has 0 aromatic carbocycles. The molecule has 1 saturated heterocycles. The number of likely N-dealkylation sites (tertiary alicyclic amines) is 1. The molecule has 1 amide bonds. The van der Waals surface area contributed by atoms with Gasteiger partial charge >= 0.3 is 0 Å². The fraction of sp³-hybridized carbons (Fsp3) is 0.368. The lowest BCUT2D eigenvalue weighted by Gasteiger charge is -2.22. The first-order valence-electron chi connectivity index (χ1n) is 8.90. The molecule has 3 aromatic rings. The Morgan fingerprint density at radius 1 is 1.12 bits per heavy atom. The van der Waals surface area contributed by atoms with E-state index in [-0.39, 0.29) is 11.9 Å². The number of fused-ring (bicyclic) bond motifs is 1. The molecule has 0 aliphatic carbocycles. The Kier molecular flexibility index (Phi) is 4.38. The molecule has 1 N–H and O–H groups in total. The molecular formula is C19H22N6O. The minimum Gasteiger partial charge on any atom is -0.309 e. The van der Waals surface area contributed by atoms with Gasteiger partial charge in [-0.1, -0.05) is 0 Å². The zero-order chi connectivity index (χ0) is 18.1. The molecule has 0 unspecified atom stereocenters. The molecule has 0 radical (unpaired) electrons.